The second-order valence-corrected chi connectivity index (χ2v) is 9.18. The summed E-state index contributed by atoms with van der Waals surface area (Å²) >= 11 is 0. The van der Waals surface area contributed by atoms with Crippen LogP contribution in [0.4, 0.5) is 11.4 Å². The monoisotopic (exact) mass is 448 g/mol. The Labute approximate surface area is 198 Å². The van der Waals surface area contributed by atoms with E-state index in [9.17, 15) is 9.59 Å². The molecule has 3 aromatic carbocycles. The number of hydrogen-bond acceptors (Lipinski definition) is 4. The number of fused-ring (bicyclic) bond motifs is 1. The van der Waals surface area contributed by atoms with E-state index in [1.165, 1.54) is 10.0 Å². The van der Waals surface area contributed by atoms with Crippen LogP contribution in [0.2, 0.25) is 0 Å². The van der Waals surface area contributed by atoms with Gasteiger partial charge in [0, 0.05) is 5.92 Å². The first-order valence-corrected chi connectivity index (χ1v) is 11.4. The van der Waals surface area contributed by atoms with E-state index in [1.54, 1.807) is 0 Å². The van der Waals surface area contributed by atoms with Crippen molar-refractivity contribution >= 4 is 34.6 Å². The summed E-state index contributed by atoms with van der Waals surface area (Å²) in [5.74, 6) is -0.736. The lowest BCUT2D eigenvalue weighted by Crippen LogP contribution is -2.40. The van der Waals surface area contributed by atoms with Crippen molar-refractivity contribution in [3.8, 4) is 0 Å². The van der Waals surface area contributed by atoms with Gasteiger partial charge in [0.1, 0.15) is 10.8 Å². The number of nitrogens with zero attached hydrogens (tertiary/aromatic N) is 4. The van der Waals surface area contributed by atoms with Crippen LogP contribution in [0, 0.1) is 17.8 Å². The van der Waals surface area contributed by atoms with E-state index in [4.69, 9.17) is 10.2 Å². The quantitative estimate of drug-likeness (QED) is 0.571. The van der Waals surface area contributed by atoms with Crippen molar-refractivity contribution < 1.29 is 9.59 Å². The molecule has 0 unspecified atom stereocenters. The summed E-state index contributed by atoms with van der Waals surface area (Å²) in [7, 11) is 0. The molecule has 1 saturated carbocycles. The van der Waals surface area contributed by atoms with E-state index in [1.807, 2.05) is 106 Å². The molecule has 3 aliphatic rings. The van der Waals surface area contributed by atoms with Crippen molar-refractivity contribution in [2.45, 2.75) is 26.7 Å². The molecule has 6 nitrogen and oxygen atoms in total. The Bertz CT molecular complexity index is 1310. The predicted molar refractivity (Wildman–Crippen MR) is 133 cm³/mol. The second-order valence-electron chi connectivity index (χ2n) is 9.18. The third kappa shape index (κ3) is 2.30. The average molecular weight is 449 g/mol. The van der Waals surface area contributed by atoms with Gasteiger partial charge in [0.15, 0.2) is 0 Å². The number of anilines is 2. The minimum atomic E-state index is -1.11. The number of hydrazone groups is 2. The van der Waals surface area contributed by atoms with E-state index in [2.05, 4.69) is 0 Å². The van der Waals surface area contributed by atoms with Gasteiger partial charge in [-0.05, 0) is 56.2 Å². The molecule has 168 valence electrons. The van der Waals surface area contributed by atoms with Gasteiger partial charge in [-0.3, -0.25) is 9.59 Å². The van der Waals surface area contributed by atoms with Gasteiger partial charge in [-0.1, -0.05) is 60.7 Å². The van der Waals surface area contributed by atoms with Gasteiger partial charge >= 0.3 is 0 Å². The lowest BCUT2D eigenvalue weighted by atomic mass is 9.85. The van der Waals surface area contributed by atoms with Crippen LogP contribution in [0.3, 0.4) is 0 Å². The molecule has 6 rings (SSSR count). The molecular weight excluding hydrogens is 424 g/mol. The minimum absolute atomic E-state index is 0.178. The molecule has 0 aromatic heterocycles. The SMILES string of the molecule is CC1=NN(c2ccccc2)C(=O)[C@]12C(c1ccccc1C)[C@]21C(=O)N(c2ccccc2)N=C1C. The molecule has 2 heterocycles. The van der Waals surface area contributed by atoms with Crippen molar-refractivity contribution in [1.82, 2.24) is 0 Å². The highest BCUT2D eigenvalue weighted by molar-refractivity contribution is 6.37. The van der Waals surface area contributed by atoms with Crippen LogP contribution >= 0.6 is 0 Å². The van der Waals surface area contributed by atoms with Crippen LogP contribution in [-0.2, 0) is 9.59 Å². The Morgan fingerprint density at radius 1 is 0.618 bits per heavy atom. The summed E-state index contributed by atoms with van der Waals surface area (Å²) in [5.41, 5.74) is 2.48. The zero-order valence-corrected chi connectivity index (χ0v) is 19.3. The summed E-state index contributed by atoms with van der Waals surface area (Å²) in [6, 6.07) is 26.7. The predicted octanol–water partition coefficient (Wildman–Crippen LogP) is 4.91. The number of hydrogen-bond donors (Lipinski definition) is 0. The molecule has 0 saturated heterocycles. The van der Waals surface area contributed by atoms with Crippen LogP contribution in [0.1, 0.15) is 30.9 Å². The molecule has 0 N–H and O–H groups in total. The standard InChI is InChI=1S/C28H24N4O2/c1-18-12-10-11-17-23(18)24-27(19(2)29-31(25(27)33)21-13-6-4-7-14-21)28(24)20(3)30-32(26(28)34)22-15-8-5-9-16-22/h4-17,24H,1-3H3/t27-,28-/m1/s1. The lowest BCUT2D eigenvalue weighted by molar-refractivity contribution is -0.126. The summed E-state index contributed by atoms with van der Waals surface area (Å²) in [6.07, 6.45) is 0. The van der Waals surface area contributed by atoms with Crippen LogP contribution in [-0.4, -0.2) is 23.2 Å². The van der Waals surface area contributed by atoms with Crippen molar-refractivity contribution in [3.63, 3.8) is 0 Å². The molecule has 34 heavy (non-hydrogen) atoms. The van der Waals surface area contributed by atoms with Gasteiger partial charge < -0.3 is 0 Å². The van der Waals surface area contributed by atoms with E-state index in [0.717, 1.165) is 11.1 Å². The highest BCUT2D eigenvalue weighted by Crippen LogP contribution is 2.79. The Hall–Kier alpha value is -4.06. The average Bonchev–Trinajstić information content (AvgIpc) is 3.33. The Morgan fingerprint density at radius 3 is 1.47 bits per heavy atom. The smallest absolute Gasteiger partial charge is 0.261 e. The van der Waals surface area contributed by atoms with Gasteiger partial charge in [-0.15, -0.1) is 0 Å². The molecule has 6 heteroatoms. The molecule has 0 bridgehead atoms. The summed E-state index contributed by atoms with van der Waals surface area (Å²) in [4.78, 5) is 28.6. The first-order valence-electron chi connectivity index (χ1n) is 11.4. The zero-order valence-electron chi connectivity index (χ0n) is 19.3. The normalized spacial score (nSPS) is 27.6. The lowest BCUT2D eigenvalue weighted by Gasteiger charge is -2.18. The Kier molecular flexibility index (Phi) is 4.21. The van der Waals surface area contributed by atoms with Gasteiger partial charge in [-0.2, -0.15) is 20.2 Å². The molecule has 2 amide bonds. The highest BCUT2D eigenvalue weighted by atomic mass is 16.2. The fourth-order valence-electron chi connectivity index (χ4n) is 6.11. The third-order valence-electron chi connectivity index (χ3n) is 7.61. The third-order valence-corrected chi connectivity index (χ3v) is 7.61. The van der Waals surface area contributed by atoms with Crippen molar-refractivity contribution in [3.05, 3.63) is 96.1 Å². The van der Waals surface area contributed by atoms with Crippen molar-refractivity contribution in [2.24, 2.45) is 21.0 Å². The van der Waals surface area contributed by atoms with E-state index >= 15 is 0 Å². The van der Waals surface area contributed by atoms with Crippen LogP contribution < -0.4 is 10.0 Å². The minimum Gasteiger partial charge on any atom is -0.271 e. The van der Waals surface area contributed by atoms with E-state index in [0.29, 0.717) is 22.8 Å². The fraction of sp³-hybridized carbons (Fsp3) is 0.214. The summed E-state index contributed by atoms with van der Waals surface area (Å²) in [6.45, 7) is 5.76. The maximum absolute atomic E-state index is 14.3. The molecule has 3 aromatic rings. The first-order chi connectivity index (χ1) is 16.5. The molecule has 1 aliphatic carbocycles. The van der Waals surface area contributed by atoms with E-state index in [-0.39, 0.29) is 17.7 Å². The summed E-state index contributed by atoms with van der Waals surface area (Å²) in [5, 5.41) is 12.4. The number of aryl methyl sites for hydroxylation is 1. The zero-order chi connectivity index (χ0) is 23.7. The van der Waals surface area contributed by atoms with E-state index < -0.39 is 10.8 Å². The number of carbonyl (C=O) groups excluding carboxylic acids is 2. The maximum Gasteiger partial charge on any atom is 0.261 e. The molecule has 2 atom stereocenters. The van der Waals surface area contributed by atoms with Crippen LogP contribution in [0.25, 0.3) is 0 Å². The van der Waals surface area contributed by atoms with Crippen molar-refractivity contribution in [1.29, 1.82) is 0 Å². The van der Waals surface area contributed by atoms with Gasteiger partial charge in [0.05, 0.1) is 22.8 Å². The van der Waals surface area contributed by atoms with Crippen LogP contribution in [0.15, 0.2) is 95.1 Å². The topological polar surface area (TPSA) is 65.3 Å². The maximum atomic E-state index is 14.3. The van der Waals surface area contributed by atoms with Gasteiger partial charge in [0.25, 0.3) is 11.8 Å². The number of amides is 2. The van der Waals surface area contributed by atoms with Gasteiger partial charge in [-0.25, -0.2) is 0 Å². The summed E-state index contributed by atoms with van der Waals surface area (Å²) < 4.78 is 0. The van der Waals surface area contributed by atoms with Crippen LogP contribution in [0.5, 0.6) is 0 Å². The molecule has 2 aliphatic heterocycles. The molecular formula is C28H24N4O2. The second kappa shape index (κ2) is 6.97. The Morgan fingerprint density at radius 2 is 1.03 bits per heavy atom. The Balaban J connectivity index is 1.55. The number of para-hydroxylation sites is 2. The van der Waals surface area contributed by atoms with Gasteiger partial charge in [0.2, 0.25) is 0 Å². The molecule has 0 radical (unpaired) electrons. The molecule has 2 spiro atoms. The molecule has 1 fully saturated rings. The highest BCUT2D eigenvalue weighted by Gasteiger charge is 2.91. The number of benzene rings is 3. The van der Waals surface area contributed by atoms with Crippen molar-refractivity contribution in [2.75, 3.05) is 10.0 Å². The number of rotatable bonds is 3. The largest absolute Gasteiger partial charge is 0.271 e. The number of carbonyl (C=O) groups is 2. The first kappa shape index (κ1) is 20.5. The fourth-order valence-corrected chi connectivity index (χ4v) is 6.11.